The Labute approximate surface area is 122 Å². The van der Waals surface area contributed by atoms with Crippen LogP contribution in [0, 0.1) is 6.92 Å². The summed E-state index contributed by atoms with van der Waals surface area (Å²) < 4.78 is 0. The standard InChI is InChI=1S/C16H14N2O3/c1-11-4-6-12(7-5-11)14(19)9-15(20)16(21)18-13-3-2-8-17-10-13/h2-10,19H,1H3,(H,18,21)/b14-9-. The third kappa shape index (κ3) is 4.01. The van der Waals surface area contributed by atoms with Gasteiger partial charge in [0.1, 0.15) is 5.76 Å². The Kier molecular flexibility index (Phi) is 4.46. The number of carbonyl (C=O) groups excluding carboxylic acids is 2. The van der Waals surface area contributed by atoms with Crippen LogP contribution in [0.4, 0.5) is 5.69 Å². The number of hydrogen-bond acceptors (Lipinski definition) is 4. The SMILES string of the molecule is Cc1ccc(/C(O)=C/C(=O)C(=O)Nc2cccnc2)cc1. The number of aliphatic hydroxyl groups excluding tert-OH is 1. The Morgan fingerprint density at radius 2 is 1.90 bits per heavy atom. The van der Waals surface area contributed by atoms with E-state index < -0.39 is 11.7 Å². The Morgan fingerprint density at radius 1 is 1.19 bits per heavy atom. The van der Waals surface area contributed by atoms with Crippen molar-refractivity contribution in [3.05, 3.63) is 66.0 Å². The topological polar surface area (TPSA) is 79.3 Å². The van der Waals surface area contributed by atoms with Crippen LogP contribution in [0.1, 0.15) is 11.1 Å². The zero-order chi connectivity index (χ0) is 15.2. The number of rotatable bonds is 4. The average molecular weight is 282 g/mol. The molecule has 0 bridgehead atoms. The first-order valence-electron chi connectivity index (χ1n) is 6.29. The molecular weight excluding hydrogens is 268 g/mol. The number of aryl methyl sites for hydroxylation is 1. The number of ketones is 1. The highest BCUT2D eigenvalue weighted by Gasteiger charge is 2.13. The number of nitrogens with one attached hydrogen (secondary N) is 1. The van der Waals surface area contributed by atoms with Gasteiger partial charge in [-0.1, -0.05) is 29.8 Å². The highest BCUT2D eigenvalue weighted by atomic mass is 16.3. The predicted molar refractivity (Wildman–Crippen MR) is 79.7 cm³/mol. The molecule has 1 aromatic heterocycles. The van der Waals surface area contributed by atoms with Crippen molar-refractivity contribution in [1.29, 1.82) is 0 Å². The van der Waals surface area contributed by atoms with Crippen LogP contribution in [-0.2, 0) is 9.59 Å². The van der Waals surface area contributed by atoms with Gasteiger partial charge >= 0.3 is 0 Å². The maximum Gasteiger partial charge on any atom is 0.296 e. The first-order valence-corrected chi connectivity index (χ1v) is 6.29. The number of aromatic nitrogens is 1. The minimum absolute atomic E-state index is 0.249. The molecule has 5 heteroatoms. The van der Waals surface area contributed by atoms with Crippen molar-refractivity contribution < 1.29 is 14.7 Å². The second-order valence-corrected chi connectivity index (χ2v) is 4.46. The van der Waals surface area contributed by atoms with E-state index in [-0.39, 0.29) is 5.76 Å². The molecule has 106 valence electrons. The molecule has 0 saturated carbocycles. The fourth-order valence-corrected chi connectivity index (χ4v) is 1.63. The monoisotopic (exact) mass is 282 g/mol. The van der Waals surface area contributed by atoms with Crippen LogP contribution in [0.15, 0.2) is 54.9 Å². The lowest BCUT2D eigenvalue weighted by molar-refractivity contribution is -0.131. The van der Waals surface area contributed by atoms with Crippen molar-refractivity contribution in [2.45, 2.75) is 6.92 Å². The summed E-state index contributed by atoms with van der Waals surface area (Å²) in [5.41, 5.74) is 1.93. The third-order valence-electron chi connectivity index (χ3n) is 2.76. The number of amides is 1. The molecule has 1 aromatic carbocycles. The highest BCUT2D eigenvalue weighted by molar-refractivity contribution is 6.45. The van der Waals surface area contributed by atoms with Crippen molar-refractivity contribution in [3.8, 4) is 0 Å². The first kappa shape index (κ1) is 14.5. The van der Waals surface area contributed by atoms with Crippen LogP contribution in [0.3, 0.4) is 0 Å². The quantitative estimate of drug-likeness (QED) is 0.513. The summed E-state index contributed by atoms with van der Waals surface area (Å²) in [6, 6.07) is 10.2. The molecule has 0 atom stereocenters. The number of aliphatic hydroxyl groups is 1. The molecule has 0 radical (unpaired) electrons. The second kappa shape index (κ2) is 6.47. The van der Waals surface area contributed by atoms with Crippen LogP contribution in [0.5, 0.6) is 0 Å². The van der Waals surface area contributed by atoms with Crippen LogP contribution in [0.2, 0.25) is 0 Å². The molecule has 21 heavy (non-hydrogen) atoms. The highest BCUT2D eigenvalue weighted by Crippen LogP contribution is 2.12. The molecule has 5 nitrogen and oxygen atoms in total. The summed E-state index contributed by atoms with van der Waals surface area (Å²) in [5, 5.41) is 12.2. The Balaban J connectivity index is 2.07. The minimum Gasteiger partial charge on any atom is -0.507 e. The first-order chi connectivity index (χ1) is 10.1. The van der Waals surface area contributed by atoms with Crippen LogP contribution >= 0.6 is 0 Å². The number of carbonyl (C=O) groups is 2. The Morgan fingerprint density at radius 3 is 2.52 bits per heavy atom. The molecule has 0 unspecified atom stereocenters. The van der Waals surface area contributed by atoms with Crippen molar-refractivity contribution in [1.82, 2.24) is 4.98 Å². The molecule has 1 amide bonds. The van der Waals surface area contributed by atoms with Gasteiger partial charge in [-0.3, -0.25) is 14.6 Å². The van der Waals surface area contributed by atoms with Crippen LogP contribution in [0.25, 0.3) is 5.76 Å². The molecule has 2 rings (SSSR count). The molecule has 0 aliphatic rings. The lowest BCUT2D eigenvalue weighted by Crippen LogP contribution is -2.21. The summed E-state index contributed by atoms with van der Waals surface area (Å²) in [4.78, 5) is 27.2. The summed E-state index contributed by atoms with van der Waals surface area (Å²) in [6.45, 7) is 1.91. The smallest absolute Gasteiger partial charge is 0.296 e. The normalized spacial score (nSPS) is 11.0. The molecular formula is C16H14N2O3. The number of anilines is 1. The third-order valence-corrected chi connectivity index (χ3v) is 2.76. The molecule has 2 N–H and O–H groups in total. The van der Waals surface area contributed by atoms with Gasteiger partial charge in [-0.2, -0.15) is 0 Å². The lowest BCUT2D eigenvalue weighted by atomic mass is 10.1. The van der Waals surface area contributed by atoms with E-state index in [1.165, 1.54) is 6.20 Å². The van der Waals surface area contributed by atoms with Gasteiger partial charge < -0.3 is 10.4 Å². The number of nitrogens with zero attached hydrogens (tertiary/aromatic N) is 1. The summed E-state index contributed by atoms with van der Waals surface area (Å²) in [6.07, 6.45) is 3.88. The van der Waals surface area contributed by atoms with Crippen molar-refractivity contribution in [2.75, 3.05) is 5.32 Å². The Bertz CT molecular complexity index is 676. The summed E-state index contributed by atoms with van der Waals surface area (Å²) in [7, 11) is 0. The van der Waals surface area contributed by atoms with E-state index in [2.05, 4.69) is 10.3 Å². The zero-order valence-electron chi connectivity index (χ0n) is 11.4. The minimum atomic E-state index is -0.836. The average Bonchev–Trinajstić information content (AvgIpc) is 2.48. The fourth-order valence-electron chi connectivity index (χ4n) is 1.63. The maximum atomic E-state index is 11.7. The van der Waals surface area contributed by atoms with E-state index in [1.807, 2.05) is 6.92 Å². The van der Waals surface area contributed by atoms with Gasteiger partial charge in [0, 0.05) is 17.8 Å². The lowest BCUT2D eigenvalue weighted by Gasteiger charge is -2.03. The molecule has 0 fully saturated rings. The van der Waals surface area contributed by atoms with E-state index >= 15 is 0 Å². The van der Waals surface area contributed by atoms with Crippen molar-refractivity contribution in [2.24, 2.45) is 0 Å². The van der Waals surface area contributed by atoms with Gasteiger partial charge in [-0.05, 0) is 19.1 Å². The summed E-state index contributed by atoms with van der Waals surface area (Å²) in [5.74, 6) is -1.92. The van der Waals surface area contributed by atoms with Crippen molar-refractivity contribution >= 4 is 23.1 Å². The maximum absolute atomic E-state index is 11.7. The van der Waals surface area contributed by atoms with E-state index in [0.717, 1.165) is 11.6 Å². The molecule has 0 aliphatic carbocycles. The Hall–Kier alpha value is -2.95. The van der Waals surface area contributed by atoms with Gasteiger partial charge in [0.2, 0.25) is 5.78 Å². The van der Waals surface area contributed by atoms with Gasteiger partial charge in [0.15, 0.2) is 0 Å². The van der Waals surface area contributed by atoms with Crippen LogP contribution < -0.4 is 5.32 Å². The predicted octanol–water partition coefficient (Wildman–Crippen LogP) is 2.50. The van der Waals surface area contributed by atoms with E-state index in [1.54, 1.807) is 42.6 Å². The molecule has 1 heterocycles. The molecule has 2 aromatic rings. The number of hydrogen-bond donors (Lipinski definition) is 2. The number of pyridine rings is 1. The van der Waals surface area contributed by atoms with Gasteiger partial charge in [-0.25, -0.2) is 0 Å². The molecule has 0 saturated heterocycles. The van der Waals surface area contributed by atoms with Gasteiger partial charge in [0.05, 0.1) is 11.9 Å². The number of benzene rings is 1. The zero-order valence-corrected chi connectivity index (χ0v) is 11.4. The second-order valence-electron chi connectivity index (χ2n) is 4.46. The van der Waals surface area contributed by atoms with E-state index in [9.17, 15) is 14.7 Å². The van der Waals surface area contributed by atoms with E-state index in [0.29, 0.717) is 11.3 Å². The summed E-state index contributed by atoms with van der Waals surface area (Å²) >= 11 is 0. The largest absolute Gasteiger partial charge is 0.507 e. The van der Waals surface area contributed by atoms with E-state index in [4.69, 9.17) is 0 Å². The van der Waals surface area contributed by atoms with Gasteiger partial charge in [-0.15, -0.1) is 0 Å². The molecule has 0 aliphatic heterocycles. The molecule has 0 spiro atoms. The van der Waals surface area contributed by atoms with Crippen molar-refractivity contribution in [3.63, 3.8) is 0 Å². The van der Waals surface area contributed by atoms with Gasteiger partial charge in [0.25, 0.3) is 5.91 Å². The fraction of sp³-hybridized carbons (Fsp3) is 0.0625. The van der Waals surface area contributed by atoms with Crippen LogP contribution in [-0.4, -0.2) is 21.8 Å².